The fourth-order valence-electron chi connectivity index (χ4n) is 9.02. The topological polar surface area (TPSA) is 100 Å². The number of thioether (sulfide) groups is 1. The van der Waals surface area contributed by atoms with Crippen molar-refractivity contribution in [1.29, 1.82) is 0 Å². The third-order valence-corrected chi connectivity index (χ3v) is 26.4. The molecule has 396 valence electrons. The average molecular weight is 1060 g/mol. The number of esters is 1. The fourth-order valence-corrected chi connectivity index (χ4v) is 16.9. The molecule has 1 saturated heterocycles. The highest BCUT2D eigenvalue weighted by molar-refractivity contribution is 7.99. The van der Waals surface area contributed by atoms with Gasteiger partial charge in [-0.05, 0) is 103 Å². The van der Waals surface area contributed by atoms with Crippen LogP contribution in [0.4, 0.5) is 0 Å². The average Bonchev–Trinajstić information content (AvgIpc) is 3.63. The van der Waals surface area contributed by atoms with Gasteiger partial charge in [-0.3, -0.25) is 0 Å². The van der Waals surface area contributed by atoms with Crippen molar-refractivity contribution < 1.29 is 46.8 Å². The highest BCUT2D eigenvalue weighted by Gasteiger charge is 2.52. The van der Waals surface area contributed by atoms with Crippen LogP contribution in [-0.2, 0) is 27.8 Å². The van der Waals surface area contributed by atoms with Crippen molar-refractivity contribution in [1.82, 2.24) is 0 Å². The van der Waals surface area contributed by atoms with Crippen molar-refractivity contribution in [2.45, 2.75) is 171 Å². The lowest BCUT2D eigenvalue weighted by molar-refractivity contribution is -0.152. The minimum Gasteiger partial charge on any atom is -0.493 e. The van der Waals surface area contributed by atoms with Crippen LogP contribution in [0.5, 0.6) is 17.2 Å². The minimum atomic E-state index is -2.80. The van der Waals surface area contributed by atoms with Gasteiger partial charge >= 0.3 is 5.97 Å². The molecular weight excluding hydrogens is 973 g/mol. The van der Waals surface area contributed by atoms with Crippen molar-refractivity contribution in [2.24, 2.45) is 0 Å². The molecule has 4 aromatic carbocycles. The molecule has 0 radical (unpaired) electrons. The number of rotatable bonds is 25. The summed E-state index contributed by atoms with van der Waals surface area (Å²) in [5.41, 5.74) is 0.981. The Morgan fingerprint density at radius 2 is 1.36 bits per heavy atom. The van der Waals surface area contributed by atoms with Crippen molar-refractivity contribution in [3.05, 3.63) is 120 Å². The van der Waals surface area contributed by atoms with Crippen molar-refractivity contribution >= 4 is 52.8 Å². The van der Waals surface area contributed by atoms with Gasteiger partial charge in [0, 0.05) is 31.4 Å². The third kappa shape index (κ3) is 15.2. The Labute approximate surface area is 440 Å². The summed E-state index contributed by atoms with van der Waals surface area (Å²) in [5.74, 6) is -0.454. The Balaban J connectivity index is 1.56. The fraction of sp³-hybridized carbons (Fsp3) is 0.534. The zero-order chi connectivity index (χ0) is 53.1. The number of hydrogen-bond acceptors (Lipinski definition) is 11. The maximum Gasteiger partial charge on any atom is 0.342 e. The van der Waals surface area contributed by atoms with Gasteiger partial charge in [0.2, 0.25) is 5.75 Å². The maximum atomic E-state index is 14.6. The molecule has 5 rings (SSSR count). The predicted molar refractivity (Wildman–Crippen MR) is 303 cm³/mol. The molecule has 0 bridgehead atoms. The summed E-state index contributed by atoms with van der Waals surface area (Å²) in [6.45, 7) is 31.4. The second kappa shape index (κ2) is 25.2. The van der Waals surface area contributed by atoms with E-state index in [1.807, 2.05) is 38.1 Å². The normalized spacial score (nSPS) is 17.9. The lowest BCUT2D eigenvalue weighted by atomic mass is 9.95. The number of ether oxygens (including phenoxy) is 7. The van der Waals surface area contributed by atoms with E-state index in [0.717, 1.165) is 10.9 Å². The zero-order valence-corrected chi connectivity index (χ0v) is 50.3. The number of methoxy groups -OCH3 is 3. The van der Waals surface area contributed by atoms with Crippen molar-refractivity contribution in [3.8, 4) is 17.2 Å². The van der Waals surface area contributed by atoms with E-state index in [0.29, 0.717) is 37.2 Å². The summed E-state index contributed by atoms with van der Waals surface area (Å²) >= 11 is 1.66. The Bertz CT molecular complexity index is 2300. The van der Waals surface area contributed by atoms with Crippen molar-refractivity contribution in [3.63, 3.8) is 0 Å². The molecule has 0 aliphatic carbocycles. The molecule has 10 nitrogen and oxygen atoms in total. The molecule has 0 spiro atoms. The number of carbonyl (C=O) groups is 1. The van der Waals surface area contributed by atoms with E-state index in [4.69, 9.17) is 42.0 Å². The molecule has 2 unspecified atom stereocenters. The van der Waals surface area contributed by atoms with E-state index >= 15 is 0 Å². The number of hydrogen-bond donors (Lipinski definition) is 0. The van der Waals surface area contributed by atoms with E-state index in [2.05, 4.69) is 166 Å². The molecule has 0 N–H and O–H groups in total. The first-order chi connectivity index (χ1) is 33.8. The maximum absolute atomic E-state index is 14.6. The van der Waals surface area contributed by atoms with Crippen LogP contribution < -0.4 is 24.6 Å². The number of benzene rings is 4. The molecule has 14 heteroatoms. The van der Waals surface area contributed by atoms with E-state index in [1.54, 1.807) is 18.9 Å². The second-order valence-corrected chi connectivity index (χ2v) is 39.0. The SMILES string of the molecule is COCOc1c(OC)c(OC)cc(C(CC[C@H]2OC(C)(C)O[C@@H]2C(/C=C\C[C@H](C)O[Si](c2ccccc2)(c2ccccc2)C(C)(C)C)O[Si](C)(C)C(C)(C)C)Sc2ccccc2)c1C(=O)OCC[Si](C)(C)C. The smallest absolute Gasteiger partial charge is 0.342 e. The van der Waals surface area contributed by atoms with Gasteiger partial charge in [0.25, 0.3) is 8.32 Å². The third-order valence-electron chi connectivity index (χ3n) is 13.7. The van der Waals surface area contributed by atoms with Gasteiger partial charge in [0.15, 0.2) is 32.4 Å². The highest BCUT2D eigenvalue weighted by Crippen LogP contribution is 2.50. The Morgan fingerprint density at radius 1 is 0.778 bits per heavy atom. The van der Waals surface area contributed by atoms with Crippen molar-refractivity contribution in [2.75, 3.05) is 34.7 Å². The van der Waals surface area contributed by atoms with Crippen LogP contribution in [0.15, 0.2) is 114 Å². The van der Waals surface area contributed by atoms with Gasteiger partial charge < -0.3 is 42.0 Å². The highest BCUT2D eigenvalue weighted by atomic mass is 32.2. The van der Waals surface area contributed by atoms with Crippen LogP contribution in [0, 0.1) is 0 Å². The van der Waals surface area contributed by atoms with Crippen LogP contribution in [0.2, 0.25) is 48.9 Å². The van der Waals surface area contributed by atoms with Gasteiger partial charge in [-0.25, -0.2) is 4.79 Å². The summed E-state index contributed by atoms with van der Waals surface area (Å²) < 4.78 is 58.3. The number of carbonyl (C=O) groups excluding carboxylic acids is 1. The molecule has 0 saturated carbocycles. The van der Waals surface area contributed by atoms with E-state index in [9.17, 15) is 4.79 Å². The first-order valence-corrected chi connectivity index (χ1v) is 35.0. The Hall–Kier alpha value is -3.71. The second-order valence-electron chi connectivity index (χ2n) is 23.1. The Kier molecular flexibility index (Phi) is 20.7. The first-order valence-electron chi connectivity index (χ1n) is 25.6. The standard InChI is InChI=1S/C58H86O10SSi3/c1-42(67-72(57(5,6)7,44-31-23-19-24-32-44)45-33-25-20-26-34-45)28-27-35-48(68-71(16,17)56(2,3)4)52-47(65-58(8,9)66-52)36-37-50(69-43-29-21-18-22-30-43)46-40-49(61-11)53(62-12)54(64-41-60-10)51(46)55(59)63-38-39-70(13,14)15/h18-27,29-35,40,42,47-48,50,52H,28,36-39,41H2,1-17H3/b35-27-/t42-,47+,48?,50?,52-/m0/s1. The summed E-state index contributed by atoms with van der Waals surface area (Å²) in [4.78, 5) is 15.6. The van der Waals surface area contributed by atoms with Crippen LogP contribution >= 0.6 is 11.8 Å². The molecule has 1 fully saturated rings. The van der Waals surface area contributed by atoms with Gasteiger partial charge in [0.1, 0.15) is 11.7 Å². The molecule has 1 aliphatic heterocycles. The molecule has 0 amide bonds. The van der Waals surface area contributed by atoms with Gasteiger partial charge in [-0.1, -0.05) is 152 Å². The van der Waals surface area contributed by atoms with E-state index < -0.39 is 48.7 Å². The molecule has 1 aliphatic rings. The quantitative estimate of drug-likeness (QED) is 0.0209. The van der Waals surface area contributed by atoms with E-state index in [1.165, 1.54) is 24.6 Å². The molecule has 1 heterocycles. The molecule has 72 heavy (non-hydrogen) atoms. The monoisotopic (exact) mass is 1060 g/mol. The molecule has 4 aromatic rings. The molecular formula is C58H86O10SSi3. The van der Waals surface area contributed by atoms with Crippen LogP contribution in [0.3, 0.4) is 0 Å². The predicted octanol–water partition coefficient (Wildman–Crippen LogP) is 13.6. The summed E-state index contributed by atoms with van der Waals surface area (Å²) in [6, 6.07) is 34.5. The molecule has 0 aromatic heterocycles. The van der Waals surface area contributed by atoms with Crippen LogP contribution in [0.25, 0.3) is 0 Å². The molecule has 5 atom stereocenters. The minimum absolute atomic E-state index is 0.0727. The first kappa shape index (κ1) is 59.2. The summed E-state index contributed by atoms with van der Waals surface area (Å²) in [7, 11) is -2.06. The van der Waals surface area contributed by atoms with Gasteiger partial charge in [-0.2, -0.15) is 0 Å². The zero-order valence-electron chi connectivity index (χ0n) is 46.5. The largest absolute Gasteiger partial charge is 0.493 e. The Morgan fingerprint density at radius 3 is 1.88 bits per heavy atom. The van der Waals surface area contributed by atoms with Gasteiger partial charge in [-0.15, -0.1) is 11.8 Å². The summed E-state index contributed by atoms with van der Waals surface area (Å²) in [6.07, 6.45) is 4.89. The van der Waals surface area contributed by atoms with Crippen LogP contribution in [-0.4, -0.2) is 95.6 Å². The van der Waals surface area contributed by atoms with Crippen LogP contribution in [0.1, 0.15) is 103 Å². The van der Waals surface area contributed by atoms with E-state index in [-0.39, 0.29) is 51.4 Å². The lowest BCUT2D eigenvalue weighted by Gasteiger charge is -2.44. The lowest BCUT2D eigenvalue weighted by Crippen LogP contribution is -2.67. The summed E-state index contributed by atoms with van der Waals surface area (Å²) in [5, 5.41) is 1.97. The van der Waals surface area contributed by atoms with Gasteiger partial charge in [0.05, 0.1) is 33.0 Å².